The Morgan fingerprint density at radius 1 is 1.29 bits per heavy atom. The Labute approximate surface area is 146 Å². The Kier molecular flexibility index (Phi) is 5.40. The smallest absolute Gasteiger partial charge is 0.320 e. The van der Waals surface area contributed by atoms with Crippen molar-refractivity contribution in [1.29, 1.82) is 0 Å². The zero-order chi connectivity index (χ0) is 17.1. The van der Waals surface area contributed by atoms with Crippen LogP contribution in [-0.2, 0) is 17.8 Å². The van der Waals surface area contributed by atoms with Crippen LogP contribution < -0.4 is 16.4 Å². The van der Waals surface area contributed by atoms with Gasteiger partial charge in [-0.05, 0) is 37.7 Å². The summed E-state index contributed by atoms with van der Waals surface area (Å²) in [4.78, 5) is 25.2. The van der Waals surface area contributed by atoms with Gasteiger partial charge in [-0.3, -0.25) is 10.1 Å². The highest BCUT2D eigenvalue weighted by molar-refractivity contribution is 7.17. The molecule has 1 atom stereocenters. The lowest BCUT2D eigenvalue weighted by atomic mass is 9.85. The topological polar surface area (TPSA) is 93.5 Å². The first kappa shape index (κ1) is 17.2. The normalized spacial score (nSPS) is 19.4. The summed E-state index contributed by atoms with van der Waals surface area (Å²) in [5.74, 6) is 0.0371. The second-order valence-corrected chi connectivity index (χ2v) is 7.77. The van der Waals surface area contributed by atoms with Crippen molar-refractivity contribution in [2.45, 2.75) is 58.1 Å². The van der Waals surface area contributed by atoms with E-state index >= 15 is 0 Å². The van der Waals surface area contributed by atoms with E-state index in [9.17, 15) is 9.59 Å². The highest BCUT2D eigenvalue weighted by Gasteiger charge is 2.26. The van der Waals surface area contributed by atoms with Gasteiger partial charge in [0.2, 0.25) is 0 Å². The van der Waals surface area contributed by atoms with Crippen LogP contribution in [0.25, 0.3) is 0 Å². The van der Waals surface area contributed by atoms with E-state index in [1.165, 1.54) is 43.4 Å². The van der Waals surface area contributed by atoms with Gasteiger partial charge in [-0.1, -0.05) is 19.3 Å². The molecule has 0 aromatic carbocycles. The number of ether oxygens (including phenoxy) is 1. The van der Waals surface area contributed by atoms with E-state index in [0.29, 0.717) is 36.1 Å². The predicted octanol–water partition coefficient (Wildman–Crippen LogP) is 3.01. The van der Waals surface area contributed by atoms with E-state index in [4.69, 9.17) is 10.5 Å². The lowest BCUT2D eigenvalue weighted by molar-refractivity contribution is 0.0991. The van der Waals surface area contributed by atoms with E-state index in [1.54, 1.807) is 0 Å². The molecule has 1 aromatic heterocycles. The van der Waals surface area contributed by atoms with E-state index < -0.39 is 5.91 Å². The molecular formula is C17H25N3O3S. The molecule has 0 saturated heterocycles. The Bertz CT molecular complexity index is 623. The molecule has 0 radical (unpaired) electrons. The van der Waals surface area contributed by atoms with Gasteiger partial charge in [-0.25, -0.2) is 4.79 Å². The second kappa shape index (κ2) is 7.53. The Morgan fingerprint density at radius 2 is 2.04 bits per heavy atom. The first-order valence-electron chi connectivity index (χ1n) is 8.66. The van der Waals surface area contributed by atoms with Gasteiger partial charge in [-0.2, -0.15) is 0 Å². The number of fused-ring (bicyclic) bond motifs is 1. The molecule has 0 spiro atoms. The number of urea groups is 1. The maximum atomic E-state index is 12.4. The summed E-state index contributed by atoms with van der Waals surface area (Å²) in [5.41, 5.74) is 6.90. The van der Waals surface area contributed by atoms with Crippen LogP contribution in [0.4, 0.5) is 9.80 Å². The highest BCUT2D eigenvalue weighted by atomic mass is 32.1. The van der Waals surface area contributed by atoms with Crippen molar-refractivity contribution in [2.75, 3.05) is 11.9 Å². The average Bonchev–Trinajstić information content (AvgIpc) is 2.93. The molecule has 4 N–H and O–H groups in total. The molecule has 1 aliphatic heterocycles. The van der Waals surface area contributed by atoms with Crippen LogP contribution in [0, 0.1) is 5.92 Å². The van der Waals surface area contributed by atoms with Crippen LogP contribution in [-0.4, -0.2) is 24.6 Å². The minimum absolute atomic E-state index is 0.125. The summed E-state index contributed by atoms with van der Waals surface area (Å²) >= 11 is 1.38. The fraction of sp³-hybridized carbons (Fsp3) is 0.647. The Hall–Kier alpha value is -1.60. The molecule has 1 aliphatic carbocycles. The van der Waals surface area contributed by atoms with Crippen molar-refractivity contribution >= 4 is 28.3 Å². The zero-order valence-electron chi connectivity index (χ0n) is 14.0. The van der Waals surface area contributed by atoms with Gasteiger partial charge >= 0.3 is 6.03 Å². The molecule has 3 amide bonds. The van der Waals surface area contributed by atoms with Gasteiger partial charge in [-0.15, -0.1) is 11.3 Å². The van der Waals surface area contributed by atoms with Crippen molar-refractivity contribution in [1.82, 2.24) is 5.32 Å². The third kappa shape index (κ3) is 3.72. The molecule has 1 fully saturated rings. The largest absolute Gasteiger partial charge is 0.376 e. The molecule has 7 heteroatoms. The lowest BCUT2D eigenvalue weighted by Gasteiger charge is -2.28. The van der Waals surface area contributed by atoms with Crippen molar-refractivity contribution < 1.29 is 14.3 Å². The van der Waals surface area contributed by atoms with Gasteiger partial charge in [0.25, 0.3) is 5.91 Å². The molecule has 1 saturated carbocycles. The SMILES string of the molecule is CC(NC(=O)Nc1sc2c(c1C(N)=O)CCOC2)C1CCCCC1. The Balaban J connectivity index is 1.67. The van der Waals surface area contributed by atoms with Gasteiger partial charge in [0.15, 0.2) is 0 Å². The van der Waals surface area contributed by atoms with Crippen LogP contribution in [0.3, 0.4) is 0 Å². The van der Waals surface area contributed by atoms with Crippen LogP contribution in [0.5, 0.6) is 0 Å². The third-order valence-corrected chi connectivity index (χ3v) is 6.13. The number of carbonyl (C=O) groups excluding carboxylic acids is 2. The average molecular weight is 351 g/mol. The van der Waals surface area contributed by atoms with Crippen LogP contribution in [0.15, 0.2) is 0 Å². The maximum absolute atomic E-state index is 12.4. The maximum Gasteiger partial charge on any atom is 0.320 e. The van der Waals surface area contributed by atoms with Crippen LogP contribution in [0.2, 0.25) is 0 Å². The van der Waals surface area contributed by atoms with Crippen molar-refractivity contribution in [3.63, 3.8) is 0 Å². The third-order valence-electron chi connectivity index (χ3n) is 5.01. The first-order chi connectivity index (χ1) is 11.6. The molecule has 6 nitrogen and oxygen atoms in total. The quantitative estimate of drug-likeness (QED) is 0.778. The number of nitrogens with one attached hydrogen (secondary N) is 2. The number of hydrogen-bond donors (Lipinski definition) is 3. The molecule has 1 aromatic rings. The molecule has 2 aliphatic rings. The molecule has 24 heavy (non-hydrogen) atoms. The summed E-state index contributed by atoms with van der Waals surface area (Å²) in [6.07, 6.45) is 6.76. The summed E-state index contributed by atoms with van der Waals surface area (Å²) in [5, 5.41) is 6.38. The second-order valence-electron chi connectivity index (χ2n) is 6.66. The summed E-state index contributed by atoms with van der Waals surface area (Å²) in [6, 6.07) is -0.143. The molecule has 3 rings (SSSR count). The van der Waals surface area contributed by atoms with E-state index in [0.717, 1.165) is 10.4 Å². The van der Waals surface area contributed by atoms with Crippen molar-refractivity contribution in [3.05, 3.63) is 16.0 Å². The van der Waals surface area contributed by atoms with Crippen LogP contribution in [0.1, 0.15) is 59.8 Å². The van der Waals surface area contributed by atoms with Gasteiger partial charge in [0.1, 0.15) is 5.00 Å². The number of thiophene rings is 1. The summed E-state index contributed by atoms with van der Waals surface area (Å²) in [6.45, 7) is 3.11. The molecule has 0 bridgehead atoms. The monoisotopic (exact) mass is 351 g/mol. The van der Waals surface area contributed by atoms with E-state index in [1.807, 2.05) is 0 Å². The minimum Gasteiger partial charge on any atom is -0.376 e. The highest BCUT2D eigenvalue weighted by Crippen LogP contribution is 2.36. The number of primary amides is 1. The molecular weight excluding hydrogens is 326 g/mol. The summed E-state index contributed by atoms with van der Waals surface area (Å²) < 4.78 is 5.42. The molecule has 132 valence electrons. The van der Waals surface area contributed by atoms with Crippen molar-refractivity contribution in [3.8, 4) is 0 Å². The first-order valence-corrected chi connectivity index (χ1v) is 9.47. The number of anilines is 1. The predicted molar refractivity (Wildman–Crippen MR) is 94.4 cm³/mol. The minimum atomic E-state index is -0.495. The lowest BCUT2D eigenvalue weighted by Crippen LogP contribution is -2.41. The number of carbonyl (C=O) groups is 2. The standard InChI is InChI=1S/C17H25N3O3S/c1-10(11-5-3-2-4-6-11)19-17(22)20-16-14(15(18)21)12-7-8-23-9-13(12)24-16/h10-11H,2-9H2,1H3,(H2,18,21)(H2,19,20,22). The number of amides is 3. The van der Waals surface area contributed by atoms with Crippen LogP contribution >= 0.6 is 11.3 Å². The van der Waals surface area contributed by atoms with Gasteiger partial charge in [0.05, 0.1) is 18.8 Å². The molecule has 2 heterocycles. The van der Waals surface area contributed by atoms with E-state index in [2.05, 4.69) is 17.6 Å². The summed E-state index contributed by atoms with van der Waals surface area (Å²) in [7, 11) is 0. The van der Waals surface area contributed by atoms with E-state index in [-0.39, 0.29) is 12.1 Å². The van der Waals surface area contributed by atoms with Gasteiger partial charge < -0.3 is 15.8 Å². The number of rotatable bonds is 4. The molecule has 1 unspecified atom stereocenters. The zero-order valence-corrected chi connectivity index (χ0v) is 14.8. The number of hydrogen-bond acceptors (Lipinski definition) is 4. The Morgan fingerprint density at radius 3 is 2.75 bits per heavy atom. The fourth-order valence-electron chi connectivity index (χ4n) is 3.68. The fourth-order valence-corrected chi connectivity index (χ4v) is 4.86. The van der Waals surface area contributed by atoms with Crippen molar-refractivity contribution in [2.24, 2.45) is 11.7 Å². The number of nitrogens with two attached hydrogens (primary N) is 1. The van der Waals surface area contributed by atoms with Gasteiger partial charge in [0, 0.05) is 10.9 Å².